The number of aromatic nitrogens is 4. The van der Waals surface area contributed by atoms with Crippen LogP contribution in [0.3, 0.4) is 0 Å². The summed E-state index contributed by atoms with van der Waals surface area (Å²) >= 11 is 0. The van der Waals surface area contributed by atoms with E-state index < -0.39 is 30.7 Å². The summed E-state index contributed by atoms with van der Waals surface area (Å²) in [5, 5.41) is 8.00. The molecule has 12 nitrogen and oxygen atoms in total. The van der Waals surface area contributed by atoms with E-state index in [1.165, 1.54) is 18.0 Å². The molecule has 2 saturated heterocycles. The molecule has 0 saturated carbocycles. The highest BCUT2D eigenvalue weighted by molar-refractivity contribution is 5.97. The number of anilines is 1. The number of carbonyl (C=O) groups excluding carboxylic acids is 1. The Hall–Kier alpha value is -4.08. The third kappa shape index (κ3) is 9.63. The Kier molecular flexibility index (Phi) is 12.5. The van der Waals surface area contributed by atoms with Crippen LogP contribution in [0, 0.1) is 5.82 Å². The molecule has 15 heteroatoms. The van der Waals surface area contributed by atoms with Crippen molar-refractivity contribution < 1.29 is 32.2 Å². The quantitative estimate of drug-likeness (QED) is 0.243. The molecule has 0 N–H and O–H groups in total. The van der Waals surface area contributed by atoms with Crippen LogP contribution in [0.4, 0.5) is 19.0 Å². The van der Waals surface area contributed by atoms with Crippen LogP contribution in [0.1, 0.15) is 61.1 Å². The number of halogens is 3. The van der Waals surface area contributed by atoms with Gasteiger partial charge in [-0.3, -0.25) is 14.7 Å². The van der Waals surface area contributed by atoms with Gasteiger partial charge in [-0.2, -0.15) is 0 Å². The van der Waals surface area contributed by atoms with E-state index in [-0.39, 0.29) is 23.3 Å². The van der Waals surface area contributed by atoms with Crippen LogP contribution < -0.4 is 14.4 Å². The summed E-state index contributed by atoms with van der Waals surface area (Å²) in [6, 6.07) is 4.81. The van der Waals surface area contributed by atoms with Gasteiger partial charge >= 0.3 is 0 Å². The summed E-state index contributed by atoms with van der Waals surface area (Å²) in [6.45, 7) is 11.3. The number of piperidine rings is 1. The summed E-state index contributed by atoms with van der Waals surface area (Å²) < 4.78 is 59.2. The number of amides is 1. The van der Waals surface area contributed by atoms with Crippen molar-refractivity contribution in [1.82, 2.24) is 34.9 Å². The number of rotatable bonds is 13. The zero-order valence-corrected chi connectivity index (χ0v) is 29.4. The van der Waals surface area contributed by atoms with E-state index in [1.54, 1.807) is 13.8 Å². The second kappa shape index (κ2) is 17.4. The maximum absolute atomic E-state index is 14.3. The van der Waals surface area contributed by atoms with E-state index in [2.05, 4.69) is 30.0 Å². The number of pyridine rings is 1. The highest BCUT2D eigenvalue weighted by atomic mass is 19.3. The Balaban J connectivity index is 1.07. The van der Waals surface area contributed by atoms with Gasteiger partial charge in [0, 0.05) is 88.6 Å². The van der Waals surface area contributed by atoms with Crippen LogP contribution in [-0.2, 0) is 17.7 Å². The zero-order valence-electron chi connectivity index (χ0n) is 29.4. The molecule has 6 rings (SSSR count). The predicted octanol–water partition coefficient (Wildman–Crippen LogP) is 4.83. The molecule has 3 aliphatic rings. The van der Waals surface area contributed by atoms with Crippen LogP contribution in [0.15, 0.2) is 36.8 Å². The Labute approximate surface area is 296 Å². The van der Waals surface area contributed by atoms with Crippen molar-refractivity contribution in [2.75, 3.05) is 70.5 Å². The van der Waals surface area contributed by atoms with Crippen LogP contribution in [-0.4, -0.2) is 125 Å². The molecule has 0 unspecified atom stereocenters. The molecule has 0 radical (unpaired) electrons. The largest absolute Gasteiger partial charge is 0.490 e. The Morgan fingerprint density at radius 1 is 1.02 bits per heavy atom. The van der Waals surface area contributed by atoms with Gasteiger partial charge in [0.2, 0.25) is 0 Å². The first-order chi connectivity index (χ1) is 24.7. The molecule has 2 aromatic heterocycles. The molecule has 0 spiro atoms. The maximum atomic E-state index is 14.3. The van der Waals surface area contributed by atoms with Crippen molar-refractivity contribution in [3.63, 3.8) is 0 Å². The van der Waals surface area contributed by atoms with Gasteiger partial charge in [0.05, 0.1) is 18.7 Å². The van der Waals surface area contributed by atoms with Gasteiger partial charge in [-0.05, 0) is 64.0 Å². The van der Waals surface area contributed by atoms with E-state index in [1.807, 2.05) is 17.2 Å². The molecule has 0 bridgehead atoms. The summed E-state index contributed by atoms with van der Waals surface area (Å²) in [7, 11) is 0. The van der Waals surface area contributed by atoms with E-state index in [4.69, 9.17) is 14.2 Å². The van der Waals surface area contributed by atoms with Gasteiger partial charge in [-0.1, -0.05) is 0 Å². The molecule has 5 heterocycles. The second-order valence-electron chi connectivity index (χ2n) is 13.5. The molecule has 1 aromatic carbocycles. The highest BCUT2D eigenvalue weighted by Gasteiger charge is 2.30. The van der Waals surface area contributed by atoms with Crippen molar-refractivity contribution >= 4 is 11.7 Å². The number of nitrogens with zero attached hydrogens (tertiary/aromatic N) is 8. The van der Waals surface area contributed by atoms with E-state index >= 15 is 0 Å². The van der Waals surface area contributed by atoms with Gasteiger partial charge in [-0.25, -0.2) is 18.2 Å². The standard InChI is InChI=1S/C36H47F3N8O4/c1-25(2)47(23-33(38)39)36(48)28-21-26(37)5-6-31(28)51-35-34(41-24-42-43-35)46-16-8-27(9-17-46)50-32-7-11-40-30-10-15-45(22-29(30)32)13-3-12-44-14-4-19-49-20-18-44/h5-7,11,21,24-25,27,33H,3-4,8-10,12-20,22-23H2,1-2H3. The van der Waals surface area contributed by atoms with Gasteiger partial charge < -0.3 is 28.9 Å². The van der Waals surface area contributed by atoms with Crippen LogP contribution in [0.25, 0.3) is 0 Å². The lowest BCUT2D eigenvalue weighted by Gasteiger charge is -2.34. The van der Waals surface area contributed by atoms with Crippen molar-refractivity contribution in [3.8, 4) is 17.4 Å². The van der Waals surface area contributed by atoms with Gasteiger partial charge in [0.15, 0.2) is 5.82 Å². The molecule has 0 aliphatic carbocycles. The van der Waals surface area contributed by atoms with E-state index in [9.17, 15) is 18.0 Å². The zero-order chi connectivity index (χ0) is 35.7. The Bertz CT molecular complexity index is 1600. The molecule has 3 aliphatic heterocycles. The normalized spacial score (nSPS) is 17.7. The number of alkyl halides is 2. The number of carbonyl (C=O) groups is 1. The minimum atomic E-state index is -2.75. The lowest BCUT2D eigenvalue weighted by molar-refractivity contribution is 0.0473. The van der Waals surface area contributed by atoms with Crippen molar-refractivity contribution in [3.05, 3.63) is 59.4 Å². The third-order valence-corrected chi connectivity index (χ3v) is 9.62. The first kappa shape index (κ1) is 36.7. The first-order valence-electron chi connectivity index (χ1n) is 17.9. The first-order valence-corrected chi connectivity index (χ1v) is 17.9. The smallest absolute Gasteiger partial charge is 0.282 e. The number of benzene rings is 1. The lowest BCUT2D eigenvalue weighted by atomic mass is 10.0. The van der Waals surface area contributed by atoms with Crippen molar-refractivity contribution in [1.29, 1.82) is 0 Å². The third-order valence-electron chi connectivity index (χ3n) is 9.62. The minimum absolute atomic E-state index is 0.0225. The average molecular weight is 713 g/mol. The fraction of sp³-hybridized carbons (Fsp3) is 0.583. The fourth-order valence-corrected chi connectivity index (χ4v) is 6.91. The van der Waals surface area contributed by atoms with Crippen molar-refractivity contribution in [2.45, 2.75) is 71.1 Å². The monoisotopic (exact) mass is 712 g/mol. The number of ether oxygens (including phenoxy) is 3. The van der Waals surface area contributed by atoms with Crippen LogP contribution in [0.5, 0.6) is 17.4 Å². The summed E-state index contributed by atoms with van der Waals surface area (Å²) in [5.74, 6) is -0.194. The molecule has 0 atom stereocenters. The Morgan fingerprint density at radius 2 is 1.84 bits per heavy atom. The van der Waals surface area contributed by atoms with Gasteiger partial charge in [-0.15, -0.1) is 10.2 Å². The van der Waals surface area contributed by atoms with Gasteiger partial charge in [0.1, 0.15) is 29.7 Å². The van der Waals surface area contributed by atoms with Crippen molar-refractivity contribution in [2.24, 2.45) is 0 Å². The fourth-order valence-electron chi connectivity index (χ4n) is 6.91. The predicted molar refractivity (Wildman–Crippen MR) is 184 cm³/mol. The molecule has 276 valence electrons. The molecular weight excluding hydrogens is 665 g/mol. The summed E-state index contributed by atoms with van der Waals surface area (Å²) in [5.41, 5.74) is 2.07. The number of fused-ring (bicyclic) bond motifs is 1. The van der Waals surface area contributed by atoms with Crippen LogP contribution >= 0.6 is 0 Å². The molecule has 3 aromatic rings. The molecular formula is C36H47F3N8O4. The van der Waals surface area contributed by atoms with Gasteiger partial charge in [0.25, 0.3) is 18.2 Å². The summed E-state index contributed by atoms with van der Waals surface area (Å²) in [4.78, 5) is 30.4. The molecule has 2 fully saturated rings. The van der Waals surface area contributed by atoms with E-state index in [0.717, 1.165) is 100 Å². The topological polar surface area (TPSA) is 109 Å². The number of hydrogen-bond donors (Lipinski definition) is 0. The minimum Gasteiger partial charge on any atom is -0.490 e. The summed E-state index contributed by atoms with van der Waals surface area (Å²) in [6.07, 6.45) is 4.89. The van der Waals surface area contributed by atoms with E-state index in [0.29, 0.717) is 31.7 Å². The molecule has 1 amide bonds. The molecule has 51 heavy (non-hydrogen) atoms. The highest BCUT2D eigenvalue weighted by Crippen LogP contribution is 2.34. The average Bonchev–Trinajstić information content (AvgIpc) is 3.41. The lowest BCUT2D eigenvalue weighted by Crippen LogP contribution is -2.40. The SMILES string of the molecule is CC(C)N(CC(F)F)C(=O)c1cc(F)ccc1Oc1nncnc1N1CCC(Oc2ccnc3c2CN(CCCN2CCCOCC2)CC3)CC1. The number of hydrogen-bond acceptors (Lipinski definition) is 11. The Morgan fingerprint density at radius 3 is 2.65 bits per heavy atom. The van der Waals surface area contributed by atoms with Crippen LogP contribution in [0.2, 0.25) is 0 Å². The second-order valence-corrected chi connectivity index (χ2v) is 13.5. The maximum Gasteiger partial charge on any atom is 0.282 e.